The number of piperidine rings is 1. The van der Waals surface area contributed by atoms with Crippen molar-refractivity contribution >= 4 is 0 Å². The molecule has 1 fully saturated rings. The molecule has 2 rings (SSSR count). The molecule has 1 saturated heterocycles. The van der Waals surface area contributed by atoms with E-state index in [9.17, 15) is 0 Å². The lowest BCUT2D eigenvalue weighted by molar-refractivity contribution is 0.0847. The van der Waals surface area contributed by atoms with E-state index in [0.29, 0.717) is 12.6 Å². The van der Waals surface area contributed by atoms with Crippen LogP contribution in [0.25, 0.3) is 0 Å². The van der Waals surface area contributed by atoms with Crippen molar-refractivity contribution in [2.75, 3.05) is 20.1 Å². The second-order valence-electron chi connectivity index (χ2n) is 6.33. The summed E-state index contributed by atoms with van der Waals surface area (Å²) in [4.78, 5) is 6.68. The fourth-order valence-electron chi connectivity index (χ4n) is 2.02. The molecule has 5 nitrogen and oxygen atoms in total. The number of nitrogens with zero attached hydrogens (tertiary/aromatic N) is 2. The topological polar surface area (TPSA) is 50.5 Å². The number of nitrogens with one attached hydrogen (secondary N) is 1. The summed E-state index contributed by atoms with van der Waals surface area (Å²) < 4.78 is 11.2. The Morgan fingerprint density at radius 1 is 1.42 bits per heavy atom. The van der Waals surface area contributed by atoms with Crippen LogP contribution in [0.15, 0.2) is 10.7 Å². The SMILES string of the molecule is CN1CCC(Oc2nc(CNC(C)(C)C)co2)CC1. The zero-order valence-corrected chi connectivity index (χ0v) is 12.4. The van der Waals surface area contributed by atoms with Crippen molar-refractivity contribution in [2.24, 2.45) is 0 Å². The lowest BCUT2D eigenvalue weighted by Gasteiger charge is -2.27. The average molecular weight is 267 g/mol. The second-order valence-corrected chi connectivity index (χ2v) is 6.33. The quantitative estimate of drug-likeness (QED) is 0.904. The Kier molecular flexibility index (Phi) is 4.47. The van der Waals surface area contributed by atoms with Crippen LogP contribution < -0.4 is 10.1 Å². The van der Waals surface area contributed by atoms with E-state index in [1.165, 1.54) is 0 Å². The molecule has 0 radical (unpaired) electrons. The number of ether oxygens (including phenoxy) is 1. The van der Waals surface area contributed by atoms with Gasteiger partial charge in [0.05, 0.1) is 5.69 Å². The van der Waals surface area contributed by atoms with Crippen LogP contribution in [0.4, 0.5) is 0 Å². The number of hydrogen-bond acceptors (Lipinski definition) is 5. The van der Waals surface area contributed by atoms with Crippen LogP contribution in [0.1, 0.15) is 39.3 Å². The van der Waals surface area contributed by atoms with Crippen LogP contribution in [0, 0.1) is 0 Å². The number of likely N-dealkylation sites (tertiary alicyclic amines) is 1. The molecule has 0 saturated carbocycles. The minimum Gasteiger partial charge on any atom is -0.447 e. The molecule has 2 heterocycles. The third kappa shape index (κ3) is 4.84. The highest BCUT2D eigenvalue weighted by Crippen LogP contribution is 2.18. The summed E-state index contributed by atoms with van der Waals surface area (Å²) in [6.45, 7) is 9.23. The standard InChI is InChI=1S/C14H25N3O2/c1-14(2,3)15-9-11-10-18-13(16-11)19-12-5-7-17(4)8-6-12/h10,12,15H,5-9H2,1-4H3. The van der Waals surface area contributed by atoms with Gasteiger partial charge in [-0.15, -0.1) is 0 Å². The van der Waals surface area contributed by atoms with Gasteiger partial charge in [-0.1, -0.05) is 0 Å². The largest absolute Gasteiger partial charge is 0.447 e. The lowest BCUT2D eigenvalue weighted by Crippen LogP contribution is -2.36. The van der Waals surface area contributed by atoms with Gasteiger partial charge in [-0.25, -0.2) is 0 Å². The van der Waals surface area contributed by atoms with Gasteiger partial charge in [0.25, 0.3) is 0 Å². The predicted molar refractivity (Wildman–Crippen MR) is 74.2 cm³/mol. The Balaban J connectivity index is 1.80. The van der Waals surface area contributed by atoms with Gasteiger partial charge < -0.3 is 19.4 Å². The fraction of sp³-hybridized carbons (Fsp3) is 0.786. The van der Waals surface area contributed by atoms with Crippen molar-refractivity contribution in [2.45, 2.75) is 51.8 Å². The Morgan fingerprint density at radius 2 is 2.11 bits per heavy atom. The Morgan fingerprint density at radius 3 is 2.74 bits per heavy atom. The van der Waals surface area contributed by atoms with E-state index in [1.807, 2.05) is 0 Å². The van der Waals surface area contributed by atoms with E-state index in [2.05, 4.69) is 43.0 Å². The number of hydrogen-bond donors (Lipinski definition) is 1. The normalized spacial score (nSPS) is 18.7. The van der Waals surface area contributed by atoms with Gasteiger partial charge in [0.1, 0.15) is 12.4 Å². The molecular weight excluding hydrogens is 242 g/mol. The summed E-state index contributed by atoms with van der Waals surface area (Å²) in [7, 11) is 2.14. The number of rotatable bonds is 4. The first-order valence-electron chi connectivity index (χ1n) is 6.97. The second kappa shape index (κ2) is 5.92. The van der Waals surface area contributed by atoms with Crippen molar-refractivity contribution in [3.05, 3.63) is 12.0 Å². The molecule has 1 aromatic heterocycles. The summed E-state index contributed by atoms with van der Waals surface area (Å²) in [6.07, 6.45) is 4.38. The maximum absolute atomic E-state index is 5.78. The summed E-state index contributed by atoms with van der Waals surface area (Å²) in [6, 6.07) is 0. The van der Waals surface area contributed by atoms with E-state index in [-0.39, 0.29) is 11.6 Å². The molecule has 19 heavy (non-hydrogen) atoms. The number of aromatic nitrogens is 1. The summed E-state index contributed by atoms with van der Waals surface area (Å²) >= 11 is 0. The van der Waals surface area contributed by atoms with E-state index in [0.717, 1.165) is 31.6 Å². The monoisotopic (exact) mass is 267 g/mol. The molecule has 0 spiro atoms. The van der Waals surface area contributed by atoms with E-state index in [4.69, 9.17) is 9.15 Å². The zero-order valence-electron chi connectivity index (χ0n) is 12.4. The molecule has 1 aliphatic rings. The summed E-state index contributed by atoms with van der Waals surface area (Å²) in [5, 5.41) is 3.38. The molecule has 1 N–H and O–H groups in total. The van der Waals surface area contributed by atoms with Crippen molar-refractivity contribution in [3.63, 3.8) is 0 Å². The van der Waals surface area contributed by atoms with Crippen LogP contribution in [-0.4, -0.2) is 41.7 Å². The van der Waals surface area contributed by atoms with Gasteiger partial charge in [-0.05, 0) is 40.7 Å². The van der Waals surface area contributed by atoms with Crippen LogP contribution >= 0.6 is 0 Å². The minimum absolute atomic E-state index is 0.0773. The van der Waals surface area contributed by atoms with Gasteiger partial charge in [-0.2, -0.15) is 4.98 Å². The number of oxazole rings is 1. The van der Waals surface area contributed by atoms with Crippen molar-refractivity contribution in [1.82, 2.24) is 15.2 Å². The first kappa shape index (κ1) is 14.3. The predicted octanol–water partition coefficient (Wildman–Crippen LogP) is 2.04. The molecular formula is C14H25N3O2. The molecule has 108 valence electrons. The molecule has 1 aliphatic heterocycles. The maximum atomic E-state index is 5.78. The van der Waals surface area contributed by atoms with Gasteiger partial charge in [0.2, 0.25) is 0 Å². The van der Waals surface area contributed by atoms with Crippen molar-refractivity contribution in [1.29, 1.82) is 0 Å². The average Bonchev–Trinajstić information content (AvgIpc) is 2.77. The Hall–Kier alpha value is -1.07. The van der Waals surface area contributed by atoms with Gasteiger partial charge in [0.15, 0.2) is 0 Å². The third-order valence-electron chi connectivity index (χ3n) is 3.26. The molecule has 0 aliphatic carbocycles. The highest BCUT2D eigenvalue weighted by atomic mass is 16.6. The van der Waals surface area contributed by atoms with Crippen LogP contribution in [0.2, 0.25) is 0 Å². The van der Waals surface area contributed by atoms with Crippen LogP contribution in [-0.2, 0) is 6.54 Å². The first-order valence-corrected chi connectivity index (χ1v) is 6.97. The van der Waals surface area contributed by atoms with Gasteiger partial charge in [0, 0.05) is 25.2 Å². The van der Waals surface area contributed by atoms with Gasteiger partial charge in [-0.3, -0.25) is 0 Å². The van der Waals surface area contributed by atoms with Crippen molar-refractivity contribution < 1.29 is 9.15 Å². The van der Waals surface area contributed by atoms with Crippen LogP contribution in [0.3, 0.4) is 0 Å². The maximum Gasteiger partial charge on any atom is 0.394 e. The summed E-state index contributed by atoms with van der Waals surface area (Å²) in [5.41, 5.74) is 0.964. The summed E-state index contributed by atoms with van der Waals surface area (Å²) in [5.74, 6) is 0. The van der Waals surface area contributed by atoms with E-state index < -0.39 is 0 Å². The van der Waals surface area contributed by atoms with E-state index in [1.54, 1.807) is 6.26 Å². The fourth-order valence-corrected chi connectivity index (χ4v) is 2.02. The zero-order chi connectivity index (χ0) is 13.9. The van der Waals surface area contributed by atoms with Crippen LogP contribution in [0.5, 0.6) is 6.08 Å². The lowest BCUT2D eigenvalue weighted by atomic mass is 10.1. The van der Waals surface area contributed by atoms with Gasteiger partial charge >= 0.3 is 6.08 Å². The molecule has 1 aromatic rings. The molecule has 0 aromatic carbocycles. The molecule has 5 heteroatoms. The highest BCUT2D eigenvalue weighted by molar-refractivity contribution is 5.00. The Labute approximate surface area is 115 Å². The highest BCUT2D eigenvalue weighted by Gasteiger charge is 2.20. The molecule has 0 bridgehead atoms. The van der Waals surface area contributed by atoms with Crippen molar-refractivity contribution in [3.8, 4) is 6.08 Å². The third-order valence-corrected chi connectivity index (χ3v) is 3.26. The minimum atomic E-state index is 0.0773. The smallest absolute Gasteiger partial charge is 0.394 e. The molecule has 0 amide bonds. The first-order chi connectivity index (χ1) is 8.92. The molecule has 0 unspecified atom stereocenters. The van der Waals surface area contributed by atoms with E-state index >= 15 is 0 Å². The molecule has 0 atom stereocenters. The Bertz CT molecular complexity index is 390.